The predicted octanol–water partition coefficient (Wildman–Crippen LogP) is 4.36. The van der Waals surface area contributed by atoms with Crippen molar-refractivity contribution >= 4 is 38.4 Å². The normalized spacial score (nSPS) is 11.4. The Kier molecular flexibility index (Phi) is 4.33. The summed E-state index contributed by atoms with van der Waals surface area (Å²) in [5.74, 6) is -0.260. The molecule has 0 saturated heterocycles. The van der Waals surface area contributed by atoms with Crippen molar-refractivity contribution in [3.05, 3.63) is 40.9 Å². The molecule has 0 bridgehead atoms. The Morgan fingerprint density at radius 3 is 2.45 bits per heavy atom. The van der Waals surface area contributed by atoms with Gasteiger partial charge in [0.15, 0.2) is 0 Å². The van der Waals surface area contributed by atoms with Crippen molar-refractivity contribution in [1.29, 1.82) is 0 Å². The van der Waals surface area contributed by atoms with Gasteiger partial charge < -0.3 is 10.1 Å². The first-order valence-corrected chi connectivity index (χ1v) is 7.29. The highest BCUT2D eigenvalue weighted by Gasteiger charge is 2.16. The molecule has 0 aromatic heterocycles. The lowest BCUT2D eigenvalue weighted by Crippen LogP contribution is -2.28. The van der Waals surface area contributed by atoms with Gasteiger partial charge in [0, 0.05) is 15.5 Å². The summed E-state index contributed by atoms with van der Waals surface area (Å²) in [5.41, 5.74) is 0.468. The minimum Gasteiger partial charge on any atom is -0.459 e. The average Bonchev–Trinajstić information content (AvgIpc) is 2.36. The molecule has 2 rings (SSSR count). The zero-order chi connectivity index (χ0) is 14.8. The number of ether oxygens (including phenoxy) is 1. The van der Waals surface area contributed by atoms with Crippen LogP contribution in [0.1, 0.15) is 20.8 Å². The van der Waals surface area contributed by atoms with Crippen molar-refractivity contribution < 1.29 is 9.53 Å². The molecule has 0 fully saturated rings. The van der Waals surface area contributed by atoms with Crippen LogP contribution < -0.4 is 5.32 Å². The van der Waals surface area contributed by atoms with E-state index in [0.29, 0.717) is 0 Å². The van der Waals surface area contributed by atoms with Gasteiger partial charge in [-0.2, -0.15) is 0 Å². The Morgan fingerprint density at radius 1 is 1.15 bits per heavy atom. The lowest BCUT2D eigenvalue weighted by molar-refractivity contribution is -0.152. The van der Waals surface area contributed by atoms with Gasteiger partial charge >= 0.3 is 5.97 Å². The highest BCUT2D eigenvalue weighted by molar-refractivity contribution is 9.10. The van der Waals surface area contributed by atoms with E-state index < -0.39 is 5.60 Å². The maximum Gasteiger partial charge on any atom is 0.325 e. The van der Waals surface area contributed by atoms with Gasteiger partial charge in [-0.1, -0.05) is 40.2 Å². The summed E-state index contributed by atoms with van der Waals surface area (Å²) in [6.07, 6.45) is 0. The van der Waals surface area contributed by atoms with E-state index in [1.54, 1.807) is 0 Å². The third-order valence-electron chi connectivity index (χ3n) is 2.71. The van der Waals surface area contributed by atoms with Gasteiger partial charge in [-0.15, -0.1) is 0 Å². The van der Waals surface area contributed by atoms with Crippen LogP contribution in [0.3, 0.4) is 0 Å². The maximum absolute atomic E-state index is 11.7. The number of fused-ring (bicyclic) bond motifs is 1. The monoisotopic (exact) mass is 335 g/mol. The number of carbonyl (C=O) groups excluding carboxylic acids is 1. The Hall–Kier alpha value is -1.55. The van der Waals surface area contributed by atoms with Crippen LogP contribution in [-0.4, -0.2) is 18.1 Å². The molecular weight excluding hydrogens is 318 g/mol. The molecule has 0 saturated carbocycles. The van der Waals surface area contributed by atoms with Gasteiger partial charge in [-0.25, -0.2) is 0 Å². The summed E-state index contributed by atoms with van der Waals surface area (Å²) < 4.78 is 6.32. The first-order valence-electron chi connectivity index (χ1n) is 6.50. The van der Waals surface area contributed by atoms with Crippen molar-refractivity contribution in [2.24, 2.45) is 0 Å². The van der Waals surface area contributed by atoms with Crippen LogP contribution in [0.2, 0.25) is 0 Å². The summed E-state index contributed by atoms with van der Waals surface area (Å²) in [6.45, 7) is 5.74. The van der Waals surface area contributed by atoms with Crippen molar-refractivity contribution in [2.45, 2.75) is 26.4 Å². The number of rotatable bonds is 3. The highest BCUT2D eigenvalue weighted by atomic mass is 79.9. The number of hydrogen-bond donors (Lipinski definition) is 1. The summed E-state index contributed by atoms with van der Waals surface area (Å²) >= 11 is 3.53. The molecule has 0 radical (unpaired) electrons. The van der Waals surface area contributed by atoms with E-state index in [1.807, 2.05) is 57.2 Å². The molecule has 106 valence electrons. The molecule has 1 N–H and O–H groups in total. The van der Waals surface area contributed by atoms with Gasteiger partial charge in [0.1, 0.15) is 12.1 Å². The summed E-state index contributed by atoms with van der Waals surface area (Å²) in [6, 6.07) is 12.0. The van der Waals surface area contributed by atoms with Crippen molar-refractivity contribution in [3.8, 4) is 0 Å². The second-order valence-electron chi connectivity index (χ2n) is 5.58. The van der Waals surface area contributed by atoms with Crippen LogP contribution in [0.15, 0.2) is 40.9 Å². The van der Waals surface area contributed by atoms with Crippen LogP contribution in [0.5, 0.6) is 0 Å². The van der Waals surface area contributed by atoms with E-state index in [-0.39, 0.29) is 12.5 Å². The minimum atomic E-state index is -0.458. The number of halogens is 1. The minimum absolute atomic E-state index is 0.156. The molecule has 4 heteroatoms. The van der Waals surface area contributed by atoms with Gasteiger partial charge in [-0.3, -0.25) is 4.79 Å². The molecule has 0 spiro atoms. The van der Waals surface area contributed by atoms with Crippen LogP contribution in [0.4, 0.5) is 5.69 Å². The van der Waals surface area contributed by atoms with Gasteiger partial charge in [0.05, 0.1) is 0 Å². The Labute approximate surface area is 127 Å². The SMILES string of the molecule is CC(C)(C)OC(=O)CNc1ccc(Br)c2ccccc12. The maximum atomic E-state index is 11.7. The topological polar surface area (TPSA) is 38.3 Å². The number of nitrogens with one attached hydrogen (secondary N) is 1. The second-order valence-corrected chi connectivity index (χ2v) is 6.43. The highest BCUT2D eigenvalue weighted by Crippen LogP contribution is 2.29. The van der Waals surface area contributed by atoms with E-state index in [9.17, 15) is 4.79 Å². The van der Waals surface area contributed by atoms with Crippen LogP contribution in [0.25, 0.3) is 10.8 Å². The Morgan fingerprint density at radius 2 is 1.80 bits per heavy atom. The Bertz CT molecular complexity index is 632. The number of anilines is 1. The lowest BCUT2D eigenvalue weighted by Gasteiger charge is -2.20. The molecule has 2 aromatic rings. The molecule has 2 aromatic carbocycles. The third kappa shape index (κ3) is 3.73. The van der Waals surface area contributed by atoms with Crippen LogP contribution >= 0.6 is 15.9 Å². The fraction of sp³-hybridized carbons (Fsp3) is 0.312. The van der Waals surface area contributed by atoms with Gasteiger partial charge in [0.2, 0.25) is 0 Å². The molecule has 0 aliphatic carbocycles. The number of benzene rings is 2. The van der Waals surface area contributed by atoms with Crippen molar-refractivity contribution in [3.63, 3.8) is 0 Å². The fourth-order valence-electron chi connectivity index (χ4n) is 1.96. The van der Waals surface area contributed by atoms with E-state index in [1.165, 1.54) is 0 Å². The van der Waals surface area contributed by atoms with Gasteiger partial charge in [-0.05, 0) is 38.3 Å². The zero-order valence-corrected chi connectivity index (χ0v) is 13.5. The molecule has 0 heterocycles. The molecule has 20 heavy (non-hydrogen) atoms. The average molecular weight is 336 g/mol. The number of hydrogen-bond acceptors (Lipinski definition) is 3. The standard InChI is InChI=1S/C16H18BrNO2/c1-16(2,3)20-15(19)10-18-14-9-8-13(17)11-6-4-5-7-12(11)14/h4-9,18H,10H2,1-3H3. The summed E-state index contributed by atoms with van der Waals surface area (Å²) in [7, 11) is 0. The molecule has 0 aliphatic heterocycles. The first kappa shape index (κ1) is 14.9. The van der Waals surface area contributed by atoms with E-state index in [4.69, 9.17) is 4.74 Å². The van der Waals surface area contributed by atoms with Crippen molar-refractivity contribution in [2.75, 3.05) is 11.9 Å². The number of carbonyl (C=O) groups is 1. The summed E-state index contributed by atoms with van der Waals surface area (Å²) in [4.78, 5) is 11.7. The van der Waals surface area contributed by atoms with E-state index in [0.717, 1.165) is 20.9 Å². The third-order valence-corrected chi connectivity index (χ3v) is 3.41. The smallest absolute Gasteiger partial charge is 0.325 e. The zero-order valence-electron chi connectivity index (χ0n) is 11.9. The van der Waals surface area contributed by atoms with Crippen LogP contribution in [-0.2, 0) is 9.53 Å². The molecule has 0 aliphatic rings. The first-order chi connectivity index (χ1) is 9.37. The van der Waals surface area contributed by atoms with E-state index >= 15 is 0 Å². The lowest BCUT2D eigenvalue weighted by atomic mass is 10.1. The van der Waals surface area contributed by atoms with Gasteiger partial charge in [0.25, 0.3) is 0 Å². The quantitative estimate of drug-likeness (QED) is 0.847. The molecule has 0 unspecified atom stereocenters. The molecule has 3 nitrogen and oxygen atoms in total. The molecule has 0 atom stereocenters. The Balaban J connectivity index is 2.15. The van der Waals surface area contributed by atoms with E-state index in [2.05, 4.69) is 21.2 Å². The second kappa shape index (κ2) is 5.83. The van der Waals surface area contributed by atoms with Crippen LogP contribution in [0, 0.1) is 0 Å². The fourth-order valence-corrected chi connectivity index (χ4v) is 2.44. The molecular formula is C16H18BrNO2. The molecule has 0 amide bonds. The summed E-state index contributed by atoms with van der Waals surface area (Å²) in [5, 5.41) is 5.33. The van der Waals surface area contributed by atoms with Crippen molar-refractivity contribution in [1.82, 2.24) is 0 Å². The largest absolute Gasteiger partial charge is 0.459 e. The predicted molar refractivity (Wildman–Crippen MR) is 86.0 cm³/mol. The number of esters is 1.